The van der Waals surface area contributed by atoms with Crippen LogP contribution in [0, 0.1) is 0 Å². The van der Waals surface area contributed by atoms with Crippen LogP contribution in [0.1, 0.15) is 34.3 Å². The van der Waals surface area contributed by atoms with Crippen molar-refractivity contribution < 1.29 is 19.4 Å². The molecule has 1 amide bonds. The van der Waals surface area contributed by atoms with E-state index in [1.54, 1.807) is 29.2 Å². The van der Waals surface area contributed by atoms with Crippen LogP contribution in [-0.2, 0) is 11.2 Å². The third-order valence-corrected chi connectivity index (χ3v) is 9.12. The molecule has 6 rings (SSSR count). The van der Waals surface area contributed by atoms with Crippen molar-refractivity contribution in [3.63, 3.8) is 0 Å². The smallest absolute Gasteiger partial charge is 0.335 e. The van der Waals surface area contributed by atoms with Crippen molar-refractivity contribution in [2.45, 2.75) is 19.3 Å². The molecule has 42 heavy (non-hydrogen) atoms. The second-order valence-corrected chi connectivity index (χ2v) is 12.2. The van der Waals surface area contributed by atoms with Crippen molar-refractivity contribution in [2.75, 3.05) is 32.8 Å². The van der Waals surface area contributed by atoms with Gasteiger partial charge in [0.15, 0.2) is 0 Å². The van der Waals surface area contributed by atoms with Gasteiger partial charge in [0, 0.05) is 30.4 Å². The molecule has 2 fully saturated rings. The fraction of sp³-hybridized carbons (Fsp3) is 0.242. The molecule has 0 aliphatic carbocycles. The van der Waals surface area contributed by atoms with E-state index in [1.807, 2.05) is 18.3 Å². The number of hydrogen-bond donors (Lipinski definition) is 2. The molecule has 0 unspecified atom stereocenters. The largest absolute Gasteiger partial charge is 0.492 e. The van der Waals surface area contributed by atoms with Crippen LogP contribution in [0.2, 0.25) is 0 Å². The van der Waals surface area contributed by atoms with Gasteiger partial charge in [0.25, 0.3) is 5.91 Å². The molecule has 0 spiro atoms. The number of nitrogens with one attached hydrogen (secondary N) is 1. The van der Waals surface area contributed by atoms with E-state index in [4.69, 9.17) is 22.1 Å². The normalized spacial score (nSPS) is 16.7. The van der Waals surface area contributed by atoms with Gasteiger partial charge in [-0.25, -0.2) is 4.79 Å². The van der Waals surface area contributed by atoms with Gasteiger partial charge in [-0.2, -0.15) is 0 Å². The zero-order chi connectivity index (χ0) is 29.1. The van der Waals surface area contributed by atoms with Crippen LogP contribution in [0.15, 0.2) is 77.8 Å². The molecular formula is C33H31N3O4S2. The molecule has 4 aromatic rings. The van der Waals surface area contributed by atoms with Gasteiger partial charge in [-0.1, -0.05) is 54.3 Å². The number of likely N-dealkylation sites (tertiary alicyclic amines) is 1. The van der Waals surface area contributed by atoms with Crippen molar-refractivity contribution in [2.24, 2.45) is 0 Å². The van der Waals surface area contributed by atoms with Gasteiger partial charge < -0.3 is 14.8 Å². The molecule has 0 saturated carbocycles. The lowest BCUT2D eigenvalue weighted by molar-refractivity contribution is -0.122. The lowest BCUT2D eigenvalue weighted by Gasteiger charge is -2.17. The van der Waals surface area contributed by atoms with E-state index >= 15 is 0 Å². The van der Waals surface area contributed by atoms with Gasteiger partial charge in [0.05, 0.1) is 10.5 Å². The van der Waals surface area contributed by atoms with E-state index in [2.05, 4.69) is 46.3 Å². The van der Waals surface area contributed by atoms with E-state index < -0.39 is 5.97 Å². The monoisotopic (exact) mass is 597 g/mol. The number of ether oxygens (including phenoxy) is 1. The lowest BCUT2D eigenvalue weighted by atomic mass is 10.0. The first kappa shape index (κ1) is 28.2. The molecule has 0 radical (unpaired) electrons. The Morgan fingerprint density at radius 2 is 1.76 bits per heavy atom. The van der Waals surface area contributed by atoms with E-state index in [9.17, 15) is 9.59 Å². The molecule has 2 N–H and O–H groups in total. The molecule has 7 nitrogen and oxygen atoms in total. The molecule has 0 bridgehead atoms. The Morgan fingerprint density at radius 1 is 1.00 bits per heavy atom. The highest BCUT2D eigenvalue weighted by Gasteiger charge is 2.32. The summed E-state index contributed by atoms with van der Waals surface area (Å²) >= 11 is 6.89. The number of thiocarbonyl (C=S) groups is 1. The Hall–Kier alpha value is -3.92. The van der Waals surface area contributed by atoms with Gasteiger partial charge >= 0.3 is 5.97 Å². The zero-order valence-electron chi connectivity index (χ0n) is 23.0. The van der Waals surface area contributed by atoms with Crippen LogP contribution in [0.5, 0.6) is 5.75 Å². The minimum absolute atomic E-state index is 0.131. The highest BCUT2D eigenvalue weighted by Crippen LogP contribution is 2.36. The fourth-order valence-corrected chi connectivity index (χ4v) is 6.68. The van der Waals surface area contributed by atoms with Gasteiger partial charge in [0.1, 0.15) is 16.7 Å². The molecule has 214 valence electrons. The molecule has 3 heterocycles. The first-order chi connectivity index (χ1) is 20.4. The molecule has 1 aromatic heterocycles. The van der Waals surface area contributed by atoms with Crippen molar-refractivity contribution in [1.29, 1.82) is 0 Å². The fourth-order valence-electron chi connectivity index (χ4n) is 5.38. The molecule has 2 aliphatic rings. The van der Waals surface area contributed by atoms with E-state index in [1.165, 1.54) is 24.6 Å². The SMILES string of the molecule is O=C(O)c1ccc(CCN2C(=O)C(=Cc3cc(-c4ccc5cc[nH]c5c4)ccc3OCCN3CCCC3)SC2=S)cc1. The van der Waals surface area contributed by atoms with Crippen molar-refractivity contribution in [3.8, 4) is 16.9 Å². The number of benzene rings is 3. The van der Waals surface area contributed by atoms with Crippen molar-refractivity contribution >= 4 is 57.2 Å². The summed E-state index contributed by atoms with van der Waals surface area (Å²) in [6, 6.07) is 21.2. The molecule has 3 aromatic carbocycles. The maximum absolute atomic E-state index is 13.5. The Morgan fingerprint density at radius 3 is 2.55 bits per heavy atom. The second-order valence-electron chi connectivity index (χ2n) is 10.5. The number of rotatable bonds is 10. The summed E-state index contributed by atoms with van der Waals surface area (Å²) in [5.41, 5.74) is 5.19. The van der Waals surface area contributed by atoms with E-state index in [0.717, 1.165) is 58.5 Å². The number of hydrogen-bond acceptors (Lipinski definition) is 6. The summed E-state index contributed by atoms with van der Waals surface area (Å²) in [5.74, 6) is -0.354. The summed E-state index contributed by atoms with van der Waals surface area (Å²) in [4.78, 5) is 32.5. The van der Waals surface area contributed by atoms with E-state index in [-0.39, 0.29) is 11.5 Å². The number of amides is 1. The van der Waals surface area contributed by atoms with Crippen molar-refractivity contribution in [3.05, 3.63) is 94.5 Å². The van der Waals surface area contributed by atoms with Gasteiger partial charge in [-0.05, 0) is 96.9 Å². The van der Waals surface area contributed by atoms with Gasteiger partial charge in [0.2, 0.25) is 0 Å². The average Bonchev–Trinajstić information content (AvgIpc) is 3.74. The minimum Gasteiger partial charge on any atom is -0.492 e. The summed E-state index contributed by atoms with van der Waals surface area (Å²) in [6.45, 7) is 4.10. The highest BCUT2D eigenvalue weighted by molar-refractivity contribution is 8.26. The number of nitrogens with zero attached hydrogens (tertiary/aromatic N) is 2. The maximum Gasteiger partial charge on any atom is 0.335 e. The third kappa shape index (κ3) is 6.28. The van der Waals surface area contributed by atoms with Gasteiger partial charge in [-0.3, -0.25) is 14.6 Å². The number of fused-ring (bicyclic) bond motifs is 1. The molecule has 9 heteroatoms. The zero-order valence-corrected chi connectivity index (χ0v) is 24.7. The summed E-state index contributed by atoms with van der Waals surface area (Å²) < 4.78 is 6.79. The Labute approximate surface area is 254 Å². The van der Waals surface area contributed by atoms with Crippen LogP contribution in [-0.4, -0.2) is 68.9 Å². The highest BCUT2D eigenvalue weighted by atomic mass is 32.2. The third-order valence-electron chi connectivity index (χ3n) is 7.75. The van der Waals surface area contributed by atoms with E-state index in [0.29, 0.717) is 28.8 Å². The summed E-state index contributed by atoms with van der Waals surface area (Å²) in [5, 5.41) is 10.3. The molecular weight excluding hydrogens is 567 g/mol. The van der Waals surface area contributed by atoms with Gasteiger partial charge in [-0.15, -0.1) is 0 Å². The number of aromatic amines is 1. The average molecular weight is 598 g/mol. The quantitative estimate of drug-likeness (QED) is 0.161. The first-order valence-electron chi connectivity index (χ1n) is 14.1. The predicted molar refractivity (Wildman–Crippen MR) is 172 cm³/mol. The number of carbonyl (C=O) groups is 2. The number of H-pyrrole nitrogens is 1. The maximum atomic E-state index is 13.5. The van der Waals surface area contributed by atoms with Crippen LogP contribution in [0.4, 0.5) is 0 Å². The topological polar surface area (TPSA) is 85.9 Å². The number of thioether (sulfide) groups is 1. The molecule has 2 aliphatic heterocycles. The lowest BCUT2D eigenvalue weighted by Crippen LogP contribution is -2.30. The van der Waals surface area contributed by atoms with Crippen LogP contribution in [0.25, 0.3) is 28.1 Å². The number of aromatic carboxylic acids is 1. The number of carbonyl (C=O) groups excluding carboxylic acids is 1. The second kappa shape index (κ2) is 12.5. The number of aromatic nitrogens is 1. The number of carboxylic acids is 1. The molecule has 2 saturated heterocycles. The number of carboxylic acid groups (broad SMARTS) is 1. The van der Waals surface area contributed by atoms with Crippen LogP contribution >= 0.6 is 24.0 Å². The Kier molecular flexibility index (Phi) is 8.41. The summed E-state index contributed by atoms with van der Waals surface area (Å²) in [6.07, 6.45) is 6.87. The Bertz CT molecular complexity index is 1670. The molecule has 0 atom stereocenters. The van der Waals surface area contributed by atoms with Crippen LogP contribution in [0.3, 0.4) is 0 Å². The minimum atomic E-state index is -0.961. The van der Waals surface area contributed by atoms with Crippen molar-refractivity contribution in [1.82, 2.24) is 14.8 Å². The van der Waals surface area contributed by atoms with Crippen LogP contribution < -0.4 is 4.74 Å². The first-order valence-corrected chi connectivity index (χ1v) is 15.3. The predicted octanol–water partition coefficient (Wildman–Crippen LogP) is 6.45. The summed E-state index contributed by atoms with van der Waals surface area (Å²) in [7, 11) is 0. The standard InChI is InChI=1S/C33H31N3O4S2/c37-31-30(42-33(41)36(31)16-12-22-3-5-24(6-4-22)32(38)39)21-27-19-25(26-8-7-23-11-13-34-28(23)20-26)9-10-29(27)40-18-17-35-14-1-2-15-35/h3-11,13,19-21,34H,1-2,12,14-18H2,(H,38,39). The Balaban J connectivity index is 1.23.